The molecule has 0 aliphatic carbocycles. The van der Waals surface area contributed by atoms with Gasteiger partial charge in [-0.25, -0.2) is 0 Å². The number of nitrogens with one attached hydrogen (secondary N) is 1. The lowest BCUT2D eigenvalue weighted by atomic mass is 10.2. The number of nitrogens with zero attached hydrogens (tertiary/aromatic N) is 5. The fourth-order valence-electron chi connectivity index (χ4n) is 4.48. The highest BCUT2D eigenvalue weighted by atomic mass is 16.5. The number of benzene rings is 1. The van der Waals surface area contributed by atoms with Crippen LogP contribution >= 0.6 is 0 Å². The van der Waals surface area contributed by atoms with Crippen molar-refractivity contribution in [2.24, 2.45) is 0 Å². The molecule has 0 radical (unpaired) electrons. The van der Waals surface area contributed by atoms with Gasteiger partial charge in [0, 0.05) is 57.7 Å². The van der Waals surface area contributed by atoms with Crippen molar-refractivity contribution in [1.82, 2.24) is 29.9 Å². The minimum absolute atomic E-state index is 0.0133. The van der Waals surface area contributed by atoms with E-state index in [2.05, 4.69) is 27.0 Å². The van der Waals surface area contributed by atoms with Crippen molar-refractivity contribution in [1.29, 1.82) is 0 Å². The lowest BCUT2D eigenvalue weighted by Crippen LogP contribution is -2.51. The van der Waals surface area contributed by atoms with E-state index in [9.17, 15) is 14.4 Å². The molecule has 0 spiro atoms. The van der Waals surface area contributed by atoms with E-state index < -0.39 is 0 Å². The van der Waals surface area contributed by atoms with Gasteiger partial charge in [0.2, 0.25) is 11.8 Å². The molecular formula is C26H36N6O4. The van der Waals surface area contributed by atoms with E-state index in [1.54, 1.807) is 4.90 Å². The first-order chi connectivity index (χ1) is 17.4. The highest BCUT2D eigenvalue weighted by molar-refractivity contribution is 5.79. The van der Waals surface area contributed by atoms with E-state index in [1.807, 2.05) is 36.1 Å². The molecule has 1 N–H and O–H groups in total. The summed E-state index contributed by atoms with van der Waals surface area (Å²) in [5.74, 6) is 1.24. The number of ether oxygens (including phenoxy) is 1. The van der Waals surface area contributed by atoms with Crippen molar-refractivity contribution in [3.8, 4) is 17.1 Å². The van der Waals surface area contributed by atoms with Crippen LogP contribution in [0.25, 0.3) is 11.4 Å². The van der Waals surface area contributed by atoms with Crippen molar-refractivity contribution < 1.29 is 14.3 Å². The molecule has 2 aliphatic heterocycles. The number of carbonyl (C=O) groups is 2. The smallest absolute Gasteiger partial charge is 0.273 e. The molecule has 10 nitrogen and oxygen atoms in total. The van der Waals surface area contributed by atoms with E-state index in [-0.39, 0.29) is 42.0 Å². The Kier molecular flexibility index (Phi) is 8.69. The Morgan fingerprint density at radius 1 is 1.03 bits per heavy atom. The molecule has 2 saturated heterocycles. The molecule has 36 heavy (non-hydrogen) atoms. The third kappa shape index (κ3) is 6.69. The van der Waals surface area contributed by atoms with E-state index in [1.165, 1.54) is 0 Å². The number of hydrogen-bond acceptors (Lipinski definition) is 7. The van der Waals surface area contributed by atoms with E-state index in [4.69, 9.17) is 4.74 Å². The average molecular weight is 497 g/mol. The molecule has 2 aromatic rings. The standard InChI is InChI=1S/C26H36N6O4/c1-3-19(2)36-21-8-6-7-20(17-21)25-27-26(35)22(28-29-25)9-10-23(33)32-15-13-30(14-16-32)18-24(34)31-11-4-5-12-31/h6-8,17,19H,3-5,9-16,18H2,1-2H3,(H,27,29,35). The summed E-state index contributed by atoms with van der Waals surface area (Å²) in [5.41, 5.74) is 0.615. The molecule has 1 unspecified atom stereocenters. The number of H-pyrrole nitrogens is 1. The largest absolute Gasteiger partial charge is 0.491 e. The van der Waals surface area contributed by atoms with Crippen LogP contribution in [0, 0.1) is 0 Å². The van der Waals surface area contributed by atoms with Gasteiger partial charge in [-0.3, -0.25) is 19.3 Å². The zero-order valence-electron chi connectivity index (χ0n) is 21.2. The van der Waals surface area contributed by atoms with E-state index in [0.29, 0.717) is 49.9 Å². The predicted molar refractivity (Wildman–Crippen MR) is 136 cm³/mol. The summed E-state index contributed by atoms with van der Waals surface area (Å²) in [6, 6.07) is 7.38. The zero-order valence-corrected chi connectivity index (χ0v) is 21.2. The van der Waals surface area contributed by atoms with Crippen LogP contribution in [0.4, 0.5) is 0 Å². The normalized spacial score (nSPS) is 17.3. The molecule has 2 aliphatic rings. The van der Waals surface area contributed by atoms with Gasteiger partial charge in [0.1, 0.15) is 11.4 Å². The van der Waals surface area contributed by atoms with Crippen LogP contribution in [0.2, 0.25) is 0 Å². The first kappa shape index (κ1) is 25.8. The summed E-state index contributed by atoms with van der Waals surface area (Å²) in [6.07, 6.45) is 3.58. The molecule has 1 atom stereocenters. The van der Waals surface area contributed by atoms with Crippen LogP contribution < -0.4 is 10.3 Å². The maximum atomic E-state index is 12.7. The Balaban J connectivity index is 1.26. The number of carbonyl (C=O) groups excluding carboxylic acids is 2. The molecule has 1 aromatic carbocycles. The highest BCUT2D eigenvalue weighted by Gasteiger charge is 2.25. The van der Waals surface area contributed by atoms with Crippen LogP contribution in [0.1, 0.15) is 45.2 Å². The summed E-state index contributed by atoms with van der Waals surface area (Å²) >= 11 is 0. The summed E-state index contributed by atoms with van der Waals surface area (Å²) in [5, 5.41) is 8.29. The molecule has 10 heteroatoms. The van der Waals surface area contributed by atoms with Gasteiger partial charge in [0.05, 0.1) is 12.6 Å². The Hall–Kier alpha value is -3.27. The van der Waals surface area contributed by atoms with Crippen molar-refractivity contribution in [2.75, 3.05) is 45.8 Å². The number of aryl methyl sites for hydroxylation is 1. The second-order valence-corrected chi connectivity index (χ2v) is 9.56. The van der Waals surface area contributed by atoms with Crippen LogP contribution in [0.5, 0.6) is 5.75 Å². The maximum absolute atomic E-state index is 12.7. The number of likely N-dealkylation sites (tertiary alicyclic amines) is 1. The highest BCUT2D eigenvalue weighted by Crippen LogP contribution is 2.21. The molecular weight excluding hydrogens is 460 g/mol. The van der Waals surface area contributed by atoms with Crippen LogP contribution in [-0.4, -0.2) is 93.6 Å². The first-order valence-corrected chi connectivity index (χ1v) is 12.9. The molecule has 194 valence electrons. The fraction of sp³-hybridized carbons (Fsp3) is 0.577. The van der Waals surface area contributed by atoms with Crippen molar-refractivity contribution >= 4 is 11.8 Å². The first-order valence-electron chi connectivity index (χ1n) is 12.9. The third-order valence-corrected chi connectivity index (χ3v) is 6.90. The van der Waals surface area contributed by atoms with Crippen LogP contribution in [-0.2, 0) is 16.0 Å². The van der Waals surface area contributed by atoms with Crippen molar-refractivity contribution in [3.63, 3.8) is 0 Å². The summed E-state index contributed by atoms with van der Waals surface area (Å²) in [6.45, 7) is 8.73. The van der Waals surface area contributed by atoms with Gasteiger partial charge in [-0.15, -0.1) is 10.2 Å². The number of aromatic amines is 1. The lowest BCUT2D eigenvalue weighted by molar-refractivity contribution is -0.134. The van der Waals surface area contributed by atoms with Crippen molar-refractivity contribution in [2.45, 2.75) is 52.1 Å². The number of aromatic nitrogens is 3. The van der Waals surface area contributed by atoms with Gasteiger partial charge in [-0.2, -0.15) is 0 Å². The monoisotopic (exact) mass is 496 g/mol. The van der Waals surface area contributed by atoms with Crippen LogP contribution in [0.15, 0.2) is 29.1 Å². The fourth-order valence-corrected chi connectivity index (χ4v) is 4.48. The number of amides is 2. The van der Waals surface area contributed by atoms with Gasteiger partial charge in [0.15, 0.2) is 5.82 Å². The SMILES string of the molecule is CCC(C)Oc1cccc(-c2nnc(CCC(=O)N3CCN(CC(=O)N4CCCC4)CC3)c(=O)[nH]2)c1. The Labute approximate surface area is 211 Å². The number of piperazine rings is 1. The average Bonchev–Trinajstić information content (AvgIpc) is 3.44. The number of hydrogen-bond donors (Lipinski definition) is 1. The van der Waals surface area contributed by atoms with E-state index in [0.717, 1.165) is 32.4 Å². The van der Waals surface area contributed by atoms with Crippen LogP contribution in [0.3, 0.4) is 0 Å². The number of rotatable bonds is 9. The lowest BCUT2D eigenvalue weighted by Gasteiger charge is -2.35. The molecule has 2 fully saturated rings. The molecule has 0 bridgehead atoms. The second-order valence-electron chi connectivity index (χ2n) is 9.56. The molecule has 4 rings (SSSR count). The minimum Gasteiger partial charge on any atom is -0.491 e. The van der Waals surface area contributed by atoms with Crippen molar-refractivity contribution in [3.05, 3.63) is 40.3 Å². The van der Waals surface area contributed by atoms with E-state index >= 15 is 0 Å². The summed E-state index contributed by atoms with van der Waals surface area (Å²) in [4.78, 5) is 46.3. The molecule has 2 amide bonds. The maximum Gasteiger partial charge on any atom is 0.273 e. The van der Waals surface area contributed by atoms with Gasteiger partial charge in [-0.1, -0.05) is 19.1 Å². The molecule has 1 aromatic heterocycles. The third-order valence-electron chi connectivity index (χ3n) is 6.90. The van der Waals surface area contributed by atoms with Gasteiger partial charge in [-0.05, 0) is 38.3 Å². The zero-order chi connectivity index (χ0) is 25.5. The molecule has 0 saturated carbocycles. The topological polar surface area (TPSA) is 112 Å². The Morgan fingerprint density at radius 3 is 2.44 bits per heavy atom. The second kappa shape index (κ2) is 12.1. The Bertz CT molecular complexity index is 1110. The minimum atomic E-state index is -0.341. The van der Waals surface area contributed by atoms with Gasteiger partial charge >= 0.3 is 0 Å². The van der Waals surface area contributed by atoms with Gasteiger partial charge < -0.3 is 19.5 Å². The summed E-state index contributed by atoms with van der Waals surface area (Å²) in [7, 11) is 0. The summed E-state index contributed by atoms with van der Waals surface area (Å²) < 4.78 is 5.85. The van der Waals surface area contributed by atoms with Gasteiger partial charge in [0.25, 0.3) is 5.56 Å². The predicted octanol–water partition coefficient (Wildman–Crippen LogP) is 1.71. The Morgan fingerprint density at radius 2 is 1.75 bits per heavy atom. The quantitative estimate of drug-likeness (QED) is 0.562. The molecule has 3 heterocycles.